The van der Waals surface area contributed by atoms with Crippen LogP contribution in [0, 0.1) is 11.6 Å². The molecule has 15 heavy (non-hydrogen) atoms. The molecule has 0 aromatic heterocycles. The fourth-order valence-electron chi connectivity index (χ4n) is 1.69. The van der Waals surface area contributed by atoms with Gasteiger partial charge in [0.25, 0.3) is 0 Å². The predicted octanol–water partition coefficient (Wildman–Crippen LogP) is 1.58. The van der Waals surface area contributed by atoms with E-state index in [1.165, 1.54) is 6.07 Å². The van der Waals surface area contributed by atoms with Gasteiger partial charge >= 0.3 is 0 Å². The molecule has 0 saturated heterocycles. The van der Waals surface area contributed by atoms with Crippen molar-refractivity contribution in [1.82, 2.24) is 5.32 Å². The van der Waals surface area contributed by atoms with Crippen LogP contribution in [0.5, 0.6) is 0 Å². The molecule has 1 aromatic carbocycles. The number of aliphatic hydroxyl groups excluding tert-OH is 1. The van der Waals surface area contributed by atoms with E-state index < -0.39 is 11.6 Å². The number of benzene rings is 1. The standard InChI is InChI=1S/C11H13F2NO/c12-10-3-1-2-7(11(10)13)6-14-8-4-9(15)5-8/h1-3,8-9,14-15H,4-6H2. The summed E-state index contributed by atoms with van der Waals surface area (Å²) < 4.78 is 26.0. The third kappa shape index (κ3) is 2.33. The second kappa shape index (κ2) is 4.24. The molecule has 0 atom stereocenters. The third-order valence-electron chi connectivity index (χ3n) is 2.73. The molecule has 82 valence electrons. The largest absolute Gasteiger partial charge is 0.393 e. The molecular formula is C11H13F2NO. The number of aliphatic hydroxyl groups is 1. The maximum atomic E-state index is 13.2. The van der Waals surface area contributed by atoms with E-state index in [2.05, 4.69) is 5.32 Å². The minimum Gasteiger partial charge on any atom is -0.393 e. The Morgan fingerprint density at radius 1 is 1.33 bits per heavy atom. The Morgan fingerprint density at radius 2 is 2.07 bits per heavy atom. The molecule has 1 fully saturated rings. The molecular weight excluding hydrogens is 200 g/mol. The van der Waals surface area contributed by atoms with Gasteiger partial charge < -0.3 is 10.4 Å². The van der Waals surface area contributed by atoms with Crippen molar-refractivity contribution < 1.29 is 13.9 Å². The van der Waals surface area contributed by atoms with Crippen LogP contribution in [0.3, 0.4) is 0 Å². The van der Waals surface area contributed by atoms with E-state index in [9.17, 15) is 8.78 Å². The van der Waals surface area contributed by atoms with Crippen molar-refractivity contribution in [3.8, 4) is 0 Å². The Kier molecular flexibility index (Phi) is 2.98. The molecule has 2 N–H and O–H groups in total. The molecule has 0 amide bonds. The van der Waals surface area contributed by atoms with Crippen LogP contribution in [0.2, 0.25) is 0 Å². The van der Waals surface area contributed by atoms with E-state index in [0.29, 0.717) is 24.9 Å². The van der Waals surface area contributed by atoms with Gasteiger partial charge in [-0.05, 0) is 18.9 Å². The second-order valence-electron chi connectivity index (χ2n) is 3.92. The molecule has 0 aliphatic heterocycles. The van der Waals surface area contributed by atoms with Gasteiger partial charge in [-0.1, -0.05) is 12.1 Å². The Hall–Kier alpha value is -1.00. The zero-order valence-corrected chi connectivity index (χ0v) is 8.21. The molecule has 1 aliphatic rings. The van der Waals surface area contributed by atoms with Crippen LogP contribution in [0.4, 0.5) is 8.78 Å². The maximum absolute atomic E-state index is 13.2. The number of halogens is 2. The highest BCUT2D eigenvalue weighted by atomic mass is 19.2. The quantitative estimate of drug-likeness (QED) is 0.799. The van der Waals surface area contributed by atoms with Gasteiger partial charge in [-0.25, -0.2) is 8.78 Å². The summed E-state index contributed by atoms with van der Waals surface area (Å²) in [6.07, 6.45) is 1.15. The normalized spacial score (nSPS) is 25.0. The first-order valence-electron chi connectivity index (χ1n) is 5.01. The summed E-state index contributed by atoms with van der Waals surface area (Å²) in [5, 5.41) is 12.1. The maximum Gasteiger partial charge on any atom is 0.163 e. The highest BCUT2D eigenvalue weighted by Crippen LogP contribution is 2.20. The number of nitrogens with one attached hydrogen (secondary N) is 1. The third-order valence-corrected chi connectivity index (χ3v) is 2.73. The fourth-order valence-corrected chi connectivity index (χ4v) is 1.69. The summed E-state index contributed by atoms with van der Waals surface area (Å²) in [5.74, 6) is -1.60. The fraction of sp³-hybridized carbons (Fsp3) is 0.455. The van der Waals surface area contributed by atoms with Gasteiger partial charge in [-0.2, -0.15) is 0 Å². The first-order chi connectivity index (χ1) is 7.16. The molecule has 1 aromatic rings. The zero-order valence-electron chi connectivity index (χ0n) is 8.21. The predicted molar refractivity (Wildman–Crippen MR) is 52.2 cm³/mol. The zero-order chi connectivity index (χ0) is 10.8. The Labute approximate surface area is 86.9 Å². The first kappa shape index (κ1) is 10.5. The smallest absolute Gasteiger partial charge is 0.163 e. The monoisotopic (exact) mass is 213 g/mol. The highest BCUT2D eigenvalue weighted by molar-refractivity contribution is 5.18. The van der Waals surface area contributed by atoms with Crippen molar-refractivity contribution in [2.24, 2.45) is 0 Å². The van der Waals surface area contributed by atoms with Crippen molar-refractivity contribution in [3.05, 3.63) is 35.4 Å². The molecule has 2 nitrogen and oxygen atoms in total. The lowest BCUT2D eigenvalue weighted by molar-refractivity contribution is 0.0618. The van der Waals surface area contributed by atoms with Gasteiger partial charge in [-0.15, -0.1) is 0 Å². The van der Waals surface area contributed by atoms with Gasteiger partial charge in [0.05, 0.1) is 6.10 Å². The SMILES string of the molecule is OC1CC(NCc2cccc(F)c2F)C1. The summed E-state index contributed by atoms with van der Waals surface area (Å²) in [7, 11) is 0. The van der Waals surface area contributed by atoms with E-state index in [1.54, 1.807) is 6.07 Å². The van der Waals surface area contributed by atoms with Gasteiger partial charge in [0.15, 0.2) is 11.6 Å². The average molecular weight is 213 g/mol. The van der Waals surface area contributed by atoms with Crippen LogP contribution < -0.4 is 5.32 Å². The Bertz CT molecular complexity index is 350. The second-order valence-corrected chi connectivity index (χ2v) is 3.92. The lowest BCUT2D eigenvalue weighted by Crippen LogP contribution is -2.43. The van der Waals surface area contributed by atoms with E-state index in [0.717, 1.165) is 6.07 Å². The highest BCUT2D eigenvalue weighted by Gasteiger charge is 2.26. The minimum atomic E-state index is -0.817. The number of hydrogen-bond acceptors (Lipinski definition) is 2. The summed E-state index contributed by atoms with van der Waals surface area (Å²) >= 11 is 0. The van der Waals surface area contributed by atoms with E-state index in [1.807, 2.05) is 0 Å². The summed E-state index contributed by atoms with van der Waals surface area (Å²) in [4.78, 5) is 0. The van der Waals surface area contributed by atoms with E-state index in [-0.39, 0.29) is 12.1 Å². The molecule has 2 rings (SSSR count). The van der Waals surface area contributed by atoms with Crippen LogP contribution in [-0.2, 0) is 6.54 Å². The molecule has 0 radical (unpaired) electrons. The first-order valence-corrected chi connectivity index (χ1v) is 5.01. The molecule has 1 saturated carbocycles. The number of hydrogen-bond donors (Lipinski definition) is 2. The van der Waals surface area contributed by atoms with Crippen LogP contribution in [0.1, 0.15) is 18.4 Å². The molecule has 0 unspecified atom stereocenters. The van der Waals surface area contributed by atoms with Gasteiger partial charge in [0.1, 0.15) is 0 Å². The van der Waals surface area contributed by atoms with Crippen molar-refractivity contribution in [3.63, 3.8) is 0 Å². The molecule has 0 spiro atoms. The van der Waals surface area contributed by atoms with E-state index >= 15 is 0 Å². The van der Waals surface area contributed by atoms with Crippen LogP contribution in [0.15, 0.2) is 18.2 Å². The molecule has 1 aliphatic carbocycles. The van der Waals surface area contributed by atoms with Gasteiger partial charge in [-0.3, -0.25) is 0 Å². The Morgan fingerprint density at radius 3 is 2.73 bits per heavy atom. The van der Waals surface area contributed by atoms with Gasteiger partial charge in [0, 0.05) is 18.2 Å². The van der Waals surface area contributed by atoms with E-state index in [4.69, 9.17) is 5.11 Å². The molecule has 0 heterocycles. The van der Waals surface area contributed by atoms with Crippen LogP contribution in [-0.4, -0.2) is 17.3 Å². The van der Waals surface area contributed by atoms with Gasteiger partial charge in [0.2, 0.25) is 0 Å². The van der Waals surface area contributed by atoms with Crippen LogP contribution >= 0.6 is 0 Å². The average Bonchev–Trinajstić information content (AvgIpc) is 2.17. The number of rotatable bonds is 3. The minimum absolute atomic E-state index is 0.225. The van der Waals surface area contributed by atoms with Crippen molar-refractivity contribution >= 4 is 0 Å². The topological polar surface area (TPSA) is 32.3 Å². The van der Waals surface area contributed by atoms with Crippen molar-refractivity contribution in [1.29, 1.82) is 0 Å². The van der Waals surface area contributed by atoms with Crippen molar-refractivity contribution in [2.45, 2.75) is 31.5 Å². The lowest BCUT2D eigenvalue weighted by atomic mass is 9.89. The summed E-state index contributed by atoms with van der Waals surface area (Å²) in [5.41, 5.74) is 0.330. The summed E-state index contributed by atoms with van der Waals surface area (Å²) in [6, 6.07) is 4.37. The van der Waals surface area contributed by atoms with Crippen LogP contribution in [0.25, 0.3) is 0 Å². The van der Waals surface area contributed by atoms with Crippen molar-refractivity contribution in [2.75, 3.05) is 0 Å². The summed E-state index contributed by atoms with van der Waals surface area (Å²) in [6.45, 7) is 0.307. The Balaban J connectivity index is 1.91. The lowest BCUT2D eigenvalue weighted by Gasteiger charge is -2.32. The molecule has 4 heteroatoms. The molecule has 0 bridgehead atoms.